The van der Waals surface area contributed by atoms with Crippen LogP contribution in [0.15, 0.2) is 42.5 Å². The molecule has 24 heavy (non-hydrogen) atoms. The molecular weight excluding hydrogens is 310 g/mol. The van der Waals surface area contributed by atoms with Gasteiger partial charge in [-0.05, 0) is 55.8 Å². The second-order valence-corrected chi connectivity index (χ2v) is 5.29. The first-order valence-corrected chi connectivity index (χ1v) is 7.36. The highest BCUT2D eigenvalue weighted by Crippen LogP contribution is 2.20. The molecule has 1 amide bonds. The molecule has 1 atom stereocenters. The maximum atomic E-state index is 12.1. The lowest BCUT2D eigenvalue weighted by Crippen LogP contribution is -2.30. The van der Waals surface area contributed by atoms with Crippen molar-refractivity contribution in [2.45, 2.75) is 20.0 Å². The molecule has 2 rings (SSSR count). The second kappa shape index (κ2) is 7.50. The fraction of sp³-hybridized carbons (Fsp3) is 0.222. The zero-order valence-corrected chi connectivity index (χ0v) is 13.7. The number of anilines is 1. The quantitative estimate of drug-likeness (QED) is 0.824. The molecule has 0 aliphatic rings. The number of rotatable bonds is 5. The molecule has 0 spiro atoms. The number of nitrogens with one attached hydrogen (secondary N) is 1. The van der Waals surface area contributed by atoms with Crippen LogP contribution in [0.4, 0.5) is 5.69 Å². The third-order valence-corrected chi connectivity index (χ3v) is 3.38. The Labute approximate surface area is 140 Å². The summed E-state index contributed by atoms with van der Waals surface area (Å²) < 4.78 is 10.1. The van der Waals surface area contributed by atoms with Crippen molar-refractivity contribution < 1.29 is 24.2 Å². The minimum absolute atomic E-state index is 0.0182. The molecule has 0 fully saturated rings. The third-order valence-electron chi connectivity index (χ3n) is 3.38. The second-order valence-electron chi connectivity index (χ2n) is 5.29. The Balaban J connectivity index is 1.98. The van der Waals surface area contributed by atoms with Crippen LogP contribution in [0.25, 0.3) is 0 Å². The zero-order valence-electron chi connectivity index (χ0n) is 13.7. The van der Waals surface area contributed by atoms with Crippen LogP contribution in [-0.4, -0.2) is 30.2 Å². The average Bonchev–Trinajstić information content (AvgIpc) is 2.55. The van der Waals surface area contributed by atoms with Crippen LogP contribution in [0.1, 0.15) is 22.8 Å². The van der Waals surface area contributed by atoms with Crippen LogP contribution in [0.2, 0.25) is 0 Å². The van der Waals surface area contributed by atoms with E-state index in [0.29, 0.717) is 11.4 Å². The summed E-state index contributed by atoms with van der Waals surface area (Å²) in [6.45, 7) is 3.25. The minimum atomic E-state index is -1.01. The van der Waals surface area contributed by atoms with Crippen molar-refractivity contribution in [3.05, 3.63) is 53.6 Å². The Morgan fingerprint density at radius 1 is 1.12 bits per heavy atom. The molecule has 0 saturated heterocycles. The van der Waals surface area contributed by atoms with Crippen LogP contribution >= 0.6 is 0 Å². The fourth-order valence-electron chi connectivity index (χ4n) is 2.01. The number of amides is 1. The maximum absolute atomic E-state index is 12.1. The van der Waals surface area contributed by atoms with E-state index in [1.165, 1.54) is 19.1 Å². The molecule has 0 heterocycles. The molecule has 0 aliphatic carbocycles. The van der Waals surface area contributed by atoms with Crippen LogP contribution in [0.5, 0.6) is 11.5 Å². The van der Waals surface area contributed by atoms with Gasteiger partial charge in [-0.2, -0.15) is 0 Å². The first-order valence-electron chi connectivity index (χ1n) is 7.36. The number of aryl methyl sites for hydroxylation is 1. The average molecular weight is 329 g/mol. The number of carbonyl (C=O) groups excluding carboxylic acids is 2. The van der Waals surface area contributed by atoms with Gasteiger partial charge in [0.1, 0.15) is 17.1 Å². The van der Waals surface area contributed by atoms with E-state index in [-0.39, 0.29) is 11.3 Å². The number of esters is 1. The molecule has 0 aromatic heterocycles. The SMILES string of the molecule is COc1ccc(NC(=O)[C@@H](C)OC(=O)c2ccc(C)cc2O)cc1. The van der Waals surface area contributed by atoms with Gasteiger partial charge in [0.05, 0.1) is 7.11 Å². The minimum Gasteiger partial charge on any atom is -0.507 e. The number of phenolic OH excluding ortho intramolecular Hbond substituents is 1. The molecule has 0 saturated carbocycles. The summed E-state index contributed by atoms with van der Waals surface area (Å²) in [7, 11) is 1.55. The van der Waals surface area contributed by atoms with Gasteiger partial charge in [-0.3, -0.25) is 4.79 Å². The molecule has 2 N–H and O–H groups in total. The summed E-state index contributed by atoms with van der Waals surface area (Å²) in [5, 5.41) is 12.4. The van der Waals surface area contributed by atoms with Gasteiger partial charge in [0.15, 0.2) is 6.10 Å². The summed E-state index contributed by atoms with van der Waals surface area (Å²) in [5.74, 6) is -0.741. The monoisotopic (exact) mass is 329 g/mol. The van der Waals surface area contributed by atoms with E-state index in [0.717, 1.165) is 5.56 Å². The topological polar surface area (TPSA) is 84.9 Å². The smallest absolute Gasteiger partial charge is 0.342 e. The third kappa shape index (κ3) is 4.25. The highest BCUT2D eigenvalue weighted by molar-refractivity contribution is 5.98. The van der Waals surface area contributed by atoms with Crippen LogP contribution < -0.4 is 10.1 Å². The van der Waals surface area contributed by atoms with Gasteiger partial charge in [0, 0.05) is 5.69 Å². The number of hydrogen-bond donors (Lipinski definition) is 2. The van der Waals surface area contributed by atoms with E-state index in [9.17, 15) is 14.7 Å². The van der Waals surface area contributed by atoms with Gasteiger partial charge in [-0.1, -0.05) is 6.07 Å². The van der Waals surface area contributed by atoms with Crippen molar-refractivity contribution in [1.29, 1.82) is 0 Å². The van der Waals surface area contributed by atoms with E-state index in [2.05, 4.69) is 5.32 Å². The maximum Gasteiger partial charge on any atom is 0.342 e. The van der Waals surface area contributed by atoms with Gasteiger partial charge >= 0.3 is 5.97 Å². The summed E-state index contributed by atoms with van der Waals surface area (Å²) in [6.07, 6.45) is -1.01. The van der Waals surface area contributed by atoms with Gasteiger partial charge in [-0.25, -0.2) is 4.79 Å². The molecule has 0 radical (unpaired) electrons. The van der Waals surface area contributed by atoms with E-state index in [4.69, 9.17) is 9.47 Å². The van der Waals surface area contributed by atoms with E-state index < -0.39 is 18.0 Å². The Hall–Kier alpha value is -3.02. The molecule has 0 unspecified atom stereocenters. The molecule has 0 bridgehead atoms. The highest BCUT2D eigenvalue weighted by atomic mass is 16.5. The summed E-state index contributed by atoms with van der Waals surface area (Å²) in [6, 6.07) is 11.4. The highest BCUT2D eigenvalue weighted by Gasteiger charge is 2.21. The Morgan fingerprint density at radius 3 is 2.38 bits per heavy atom. The number of aromatic hydroxyl groups is 1. The lowest BCUT2D eigenvalue weighted by molar-refractivity contribution is -0.123. The van der Waals surface area contributed by atoms with Gasteiger partial charge < -0.3 is 19.9 Å². The summed E-state index contributed by atoms with van der Waals surface area (Å²) >= 11 is 0. The van der Waals surface area contributed by atoms with Crippen molar-refractivity contribution in [2.24, 2.45) is 0 Å². The van der Waals surface area contributed by atoms with Gasteiger partial charge in [-0.15, -0.1) is 0 Å². The first kappa shape index (κ1) is 17.3. The summed E-state index contributed by atoms with van der Waals surface area (Å²) in [4.78, 5) is 24.1. The van der Waals surface area contributed by atoms with Crippen molar-refractivity contribution in [2.75, 3.05) is 12.4 Å². The van der Waals surface area contributed by atoms with E-state index in [1.807, 2.05) is 0 Å². The number of phenols is 1. The first-order chi connectivity index (χ1) is 11.4. The van der Waals surface area contributed by atoms with E-state index in [1.54, 1.807) is 44.4 Å². The number of benzene rings is 2. The lowest BCUT2D eigenvalue weighted by atomic mass is 10.1. The van der Waals surface area contributed by atoms with Crippen LogP contribution in [0, 0.1) is 6.92 Å². The molecule has 0 aliphatic heterocycles. The van der Waals surface area contributed by atoms with Crippen molar-refractivity contribution in [3.8, 4) is 11.5 Å². The Morgan fingerprint density at radius 2 is 1.79 bits per heavy atom. The lowest BCUT2D eigenvalue weighted by Gasteiger charge is -2.14. The summed E-state index contributed by atoms with van der Waals surface area (Å²) in [5.41, 5.74) is 1.39. The number of hydrogen-bond acceptors (Lipinski definition) is 5. The predicted molar refractivity (Wildman–Crippen MR) is 89.3 cm³/mol. The van der Waals surface area contributed by atoms with Crippen molar-refractivity contribution in [1.82, 2.24) is 0 Å². The largest absolute Gasteiger partial charge is 0.507 e. The molecule has 6 nitrogen and oxygen atoms in total. The Bertz CT molecular complexity index is 740. The van der Waals surface area contributed by atoms with E-state index >= 15 is 0 Å². The van der Waals surface area contributed by atoms with Gasteiger partial charge in [0.2, 0.25) is 0 Å². The normalized spacial score (nSPS) is 11.5. The zero-order chi connectivity index (χ0) is 17.7. The van der Waals surface area contributed by atoms with Crippen LogP contribution in [0.3, 0.4) is 0 Å². The number of methoxy groups -OCH3 is 1. The standard InChI is InChI=1S/C18H19NO5/c1-11-4-9-15(16(20)10-11)18(22)24-12(2)17(21)19-13-5-7-14(23-3)8-6-13/h4-10,12,20H,1-3H3,(H,19,21)/t12-/m1/s1. The molecule has 2 aromatic carbocycles. The molecule has 6 heteroatoms. The van der Waals surface area contributed by atoms with Crippen molar-refractivity contribution in [3.63, 3.8) is 0 Å². The number of ether oxygens (including phenoxy) is 2. The Kier molecular flexibility index (Phi) is 5.42. The fourth-order valence-corrected chi connectivity index (χ4v) is 2.01. The van der Waals surface area contributed by atoms with Crippen molar-refractivity contribution >= 4 is 17.6 Å². The predicted octanol–water partition coefficient (Wildman–Crippen LogP) is 2.89. The molecule has 126 valence electrons. The molecule has 2 aromatic rings. The van der Waals surface area contributed by atoms with Crippen LogP contribution in [-0.2, 0) is 9.53 Å². The number of carbonyl (C=O) groups is 2. The van der Waals surface area contributed by atoms with Gasteiger partial charge in [0.25, 0.3) is 5.91 Å². The molecular formula is C18H19NO5.